The highest BCUT2D eigenvalue weighted by Gasteiger charge is 2.41. The van der Waals surface area contributed by atoms with Gasteiger partial charge in [0.2, 0.25) is 5.91 Å². The zero-order valence-electron chi connectivity index (χ0n) is 15.4. The molecule has 28 heavy (non-hydrogen) atoms. The fourth-order valence-electron chi connectivity index (χ4n) is 2.93. The lowest BCUT2D eigenvalue weighted by molar-refractivity contribution is -0.117. The monoisotopic (exact) mass is 483 g/mol. The number of carbonyl (C=O) groups is 2. The molecule has 2 amide bonds. The van der Waals surface area contributed by atoms with Gasteiger partial charge >= 0.3 is 0 Å². The normalized spacial score (nSPS) is 16.6. The van der Waals surface area contributed by atoms with Gasteiger partial charge in [0.25, 0.3) is 5.24 Å². The number of benzene rings is 2. The van der Waals surface area contributed by atoms with Crippen molar-refractivity contribution in [3.8, 4) is 11.5 Å². The first-order chi connectivity index (χ1) is 13.4. The van der Waals surface area contributed by atoms with Gasteiger partial charge in [0, 0.05) is 11.1 Å². The van der Waals surface area contributed by atoms with E-state index in [-0.39, 0.29) is 11.1 Å². The summed E-state index contributed by atoms with van der Waals surface area (Å²) in [6.07, 6.45) is 0.368. The quantitative estimate of drug-likeness (QED) is 0.504. The Hall–Kier alpha value is -1.70. The second kappa shape index (κ2) is 9.20. The van der Waals surface area contributed by atoms with Crippen LogP contribution in [-0.4, -0.2) is 29.6 Å². The van der Waals surface area contributed by atoms with E-state index in [0.29, 0.717) is 41.8 Å². The molecule has 1 heterocycles. The lowest BCUT2D eigenvalue weighted by Crippen LogP contribution is -2.32. The van der Waals surface area contributed by atoms with Crippen LogP contribution >= 0.6 is 39.3 Å². The van der Waals surface area contributed by atoms with E-state index >= 15 is 0 Å². The molecule has 2 aromatic rings. The molecule has 8 heteroatoms. The largest absolute Gasteiger partial charge is 0.493 e. The molecule has 0 saturated carbocycles. The Morgan fingerprint density at radius 2 is 1.82 bits per heavy atom. The number of hydrogen-bond donors (Lipinski definition) is 0. The molecule has 0 radical (unpaired) electrons. The molecule has 0 aromatic heterocycles. The topological polar surface area (TPSA) is 55.8 Å². The Labute approximate surface area is 181 Å². The standard InChI is InChI=1S/C20H19BrClNO4S/c1-3-26-16-11-17(27-4-2)15(21)8-12(16)9-18-19(24)23(20(25)28-18)14-7-5-6-13(22)10-14/h5-8,10-11,18H,3-4,9H2,1-2H3/t18-/m0/s1. The van der Waals surface area contributed by atoms with Crippen LogP contribution in [0.4, 0.5) is 10.5 Å². The van der Waals surface area contributed by atoms with Gasteiger partial charge in [0.15, 0.2) is 0 Å². The number of ether oxygens (including phenoxy) is 2. The van der Waals surface area contributed by atoms with Gasteiger partial charge in [-0.2, -0.15) is 0 Å². The molecule has 1 fully saturated rings. The number of nitrogens with zero attached hydrogens (tertiary/aromatic N) is 1. The molecule has 0 spiro atoms. The van der Waals surface area contributed by atoms with E-state index < -0.39 is 5.25 Å². The van der Waals surface area contributed by atoms with Crippen molar-refractivity contribution in [2.75, 3.05) is 18.1 Å². The number of imide groups is 1. The molecule has 0 unspecified atom stereocenters. The number of rotatable bonds is 7. The minimum atomic E-state index is -0.532. The molecule has 0 aliphatic carbocycles. The van der Waals surface area contributed by atoms with Gasteiger partial charge in [-0.05, 0) is 66.0 Å². The highest BCUT2D eigenvalue weighted by atomic mass is 79.9. The second-order valence-corrected chi connectivity index (χ2v) is 8.43. The minimum absolute atomic E-state index is 0.260. The van der Waals surface area contributed by atoms with E-state index in [1.54, 1.807) is 24.3 Å². The maximum atomic E-state index is 12.9. The van der Waals surface area contributed by atoms with Crippen molar-refractivity contribution < 1.29 is 19.1 Å². The molecule has 2 aromatic carbocycles. The lowest BCUT2D eigenvalue weighted by atomic mass is 10.1. The Kier molecular flexibility index (Phi) is 6.91. The molecule has 1 atom stereocenters. The van der Waals surface area contributed by atoms with E-state index in [4.69, 9.17) is 21.1 Å². The van der Waals surface area contributed by atoms with Crippen LogP contribution in [0.15, 0.2) is 40.9 Å². The van der Waals surface area contributed by atoms with Gasteiger partial charge in [0.05, 0.1) is 28.6 Å². The van der Waals surface area contributed by atoms with Crippen molar-refractivity contribution in [3.63, 3.8) is 0 Å². The van der Waals surface area contributed by atoms with Crippen LogP contribution in [0.25, 0.3) is 0 Å². The van der Waals surface area contributed by atoms with Crippen LogP contribution < -0.4 is 14.4 Å². The maximum Gasteiger partial charge on any atom is 0.293 e. The maximum absolute atomic E-state index is 12.9. The van der Waals surface area contributed by atoms with Gasteiger partial charge in [-0.15, -0.1) is 0 Å². The van der Waals surface area contributed by atoms with Crippen molar-refractivity contribution in [2.24, 2.45) is 0 Å². The number of halogens is 2. The summed E-state index contributed by atoms with van der Waals surface area (Å²) in [5.41, 5.74) is 1.32. The summed E-state index contributed by atoms with van der Waals surface area (Å²) in [7, 11) is 0. The smallest absolute Gasteiger partial charge is 0.293 e. The highest BCUT2D eigenvalue weighted by molar-refractivity contribution is 9.10. The Morgan fingerprint density at radius 1 is 1.11 bits per heavy atom. The van der Waals surface area contributed by atoms with Gasteiger partial charge in [0.1, 0.15) is 11.5 Å². The predicted molar refractivity (Wildman–Crippen MR) is 116 cm³/mol. The SMILES string of the molecule is CCOc1cc(OCC)c(C[C@@H]2SC(=O)N(c3cccc(Cl)c3)C2=O)cc1Br. The second-order valence-electron chi connectivity index (χ2n) is 5.99. The fourth-order valence-corrected chi connectivity index (χ4v) is 4.63. The third-order valence-electron chi connectivity index (χ3n) is 4.11. The predicted octanol–water partition coefficient (Wildman–Crippen LogP) is 5.71. The zero-order chi connectivity index (χ0) is 20.3. The molecule has 3 rings (SSSR count). The van der Waals surface area contributed by atoms with E-state index in [2.05, 4.69) is 15.9 Å². The first-order valence-corrected chi connectivity index (χ1v) is 10.9. The Bertz CT molecular complexity index is 908. The van der Waals surface area contributed by atoms with Crippen LogP contribution in [0, 0.1) is 0 Å². The number of thioether (sulfide) groups is 1. The molecule has 1 aliphatic heterocycles. The highest BCUT2D eigenvalue weighted by Crippen LogP contribution is 2.38. The van der Waals surface area contributed by atoms with Crippen LogP contribution in [-0.2, 0) is 11.2 Å². The molecule has 5 nitrogen and oxygen atoms in total. The minimum Gasteiger partial charge on any atom is -0.493 e. The van der Waals surface area contributed by atoms with Crippen molar-refractivity contribution in [2.45, 2.75) is 25.5 Å². The Balaban J connectivity index is 1.86. The van der Waals surface area contributed by atoms with Gasteiger partial charge in [-0.1, -0.05) is 29.4 Å². The average Bonchev–Trinajstić information content (AvgIpc) is 2.92. The first kappa shape index (κ1) is 21.0. The molecule has 1 saturated heterocycles. The average molecular weight is 485 g/mol. The van der Waals surface area contributed by atoms with Crippen molar-refractivity contribution in [3.05, 3.63) is 51.5 Å². The van der Waals surface area contributed by atoms with E-state index in [1.807, 2.05) is 26.0 Å². The van der Waals surface area contributed by atoms with E-state index in [1.165, 1.54) is 4.90 Å². The first-order valence-electron chi connectivity index (χ1n) is 8.82. The molecule has 1 aliphatic rings. The van der Waals surface area contributed by atoms with Gasteiger partial charge in [-0.25, -0.2) is 4.90 Å². The van der Waals surface area contributed by atoms with Crippen LogP contribution in [0.3, 0.4) is 0 Å². The summed E-state index contributed by atoms with van der Waals surface area (Å²) < 4.78 is 12.1. The number of carbonyl (C=O) groups excluding carboxylic acids is 2. The van der Waals surface area contributed by atoms with Crippen molar-refractivity contribution >= 4 is 56.1 Å². The molecule has 0 bridgehead atoms. The van der Waals surface area contributed by atoms with E-state index in [9.17, 15) is 9.59 Å². The Morgan fingerprint density at radius 3 is 2.50 bits per heavy atom. The lowest BCUT2D eigenvalue weighted by Gasteiger charge is -2.17. The van der Waals surface area contributed by atoms with Gasteiger partial charge in [-0.3, -0.25) is 9.59 Å². The summed E-state index contributed by atoms with van der Waals surface area (Å²) in [4.78, 5) is 26.6. The van der Waals surface area contributed by atoms with Crippen molar-refractivity contribution in [1.29, 1.82) is 0 Å². The number of amides is 2. The summed E-state index contributed by atoms with van der Waals surface area (Å²) in [5.74, 6) is 1.07. The fraction of sp³-hybridized carbons (Fsp3) is 0.300. The van der Waals surface area contributed by atoms with Gasteiger partial charge < -0.3 is 9.47 Å². The zero-order valence-corrected chi connectivity index (χ0v) is 18.6. The van der Waals surface area contributed by atoms with Crippen molar-refractivity contribution in [1.82, 2.24) is 0 Å². The van der Waals surface area contributed by atoms with Crippen LogP contribution in [0.5, 0.6) is 11.5 Å². The summed E-state index contributed by atoms with van der Waals surface area (Å²) >= 11 is 10.5. The van der Waals surface area contributed by atoms with E-state index in [0.717, 1.165) is 21.8 Å². The summed E-state index contributed by atoms with van der Waals surface area (Å²) in [6.45, 7) is 4.82. The third-order valence-corrected chi connectivity index (χ3v) is 6.00. The summed E-state index contributed by atoms with van der Waals surface area (Å²) in [5, 5.41) is -0.364. The molecular formula is C20H19BrClNO4S. The molecule has 0 N–H and O–H groups in total. The molecular weight excluding hydrogens is 466 g/mol. The molecule has 148 valence electrons. The third kappa shape index (κ3) is 4.47. The number of anilines is 1. The van der Waals surface area contributed by atoms with Crippen LogP contribution in [0.2, 0.25) is 5.02 Å². The summed E-state index contributed by atoms with van der Waals surface area (Å²) in [6, 6.07) is 10.4. The van der Waals surface area contributed by atoms with Crippen LogP contribution in [0.1, 0.15) is 19.4 Å². The number of hydrogen-bond acceptors (Lipinski definition) is 5.